The highest BCUT2D eigenvalue weighted by molar-refractivity contribution is 5.90. The number of carbonyl (C=O) groups excluding carboxylic acids is 1. The van der Waals surface area contributed by atoms with Crippen LogP contribution in [-0.2, 0) is 11.3 Å². The number of hydrogen-bond donors (Lipinski definition) is 1. The summed E-state index contributed by atoms with van der Waals surface area (Å²) < 4.78 is 2.73. The second kappa shape index (κ2) is 6.83. The van der Waals surface area contributed by atoms with Gasteiger partial charge in [-0.15, -0.1) is 5.10 Å². The smallest absolute Gasteiger partial charge is 0.284 e. The molecule has 134 valence electrons. The molecule has 0 saturated heterocycles. The zero-order valence-corrected chi connectivity index (χ0v) is 14.5. The number of nitrogens with one attached hydrogen (secondary N) is 1. The Kier molecular flexibility index (Phi) is 4.21. The van der Waals surface area contributed by atoms with Crippen molar-refractivity contribution < 1.29 is 4.79 Å². The van der Waals surface area contributed by atoms with Crippen LogP contribution in [0.5, 0.6) is 0 Å². The molecule has 0 fully saturated rings. The second-order valence-electron chi connectivity index (χ2n) is 6.10. The third-order valence-electron chi connectivity index (χ3n) is 4.05. The van der Waals surface area contributed by atoms with Crippen LogP contribution in [-0.4, -0.2) is 30.5 Å². The van der Waals surface area contributed by atoms with Crippen molar-refractivity contribution in [2.45, 2.75) is 13.5 Å². The molecule has 0 bridgehead atoms. The molecule has 0 aliphatic carbocycles. The summed E-state index contributed by atoms with van der Waals surface area (Å²) in [6.07, 6.45) is 1.34. The van der Waals surface area contributed by atoms with Gasteiger partial charge in [0.25, 0.3) is 5.56 Å². The van der Waals surface area contributed by atoms with E-state index >= 15 is 0 Å². The number of para-hydroxylation sites is 1. The highest BCUT2D eigenvalue weighted by atomic mass is 16.2. The lowest BCUT2D eigenvalue weighted by atomic mass is 10.2. The van der Waals surface area contributed by atoms with Gasteiger partial charge in [-0.25, -0.2) is 4.98 Å². The van der Waals surface area contributed by atoms with Crippen LogP contribution in [0.2, 0.25) is 0 Å². The minimum atomic E-state index is -0.415. The third-order valence-corrected chi connectivity index (χ3v) is 4.05. The Bertz CT molecular complexity index is 1180. The predicted octanol–water partition coefficient (Wildman–Crippen LogP) is 1.92. The van der Waals surface area contributed by atoms with Crippen molar-refractivity contribution in [3.8, 4) is 5.69 Å². The lowest BCUT2D eigenvalue weighted by Gasteiger charge is -2.07. The largest absolute Gasteiger partial charge is 0.325 e. The van der Waals surface area contributed by atoms with Crippen molar-refractivity contribution in [1.29, 1.82) is 0 Å². The molecule has 8 heteroatoms. The first-order valence-corrected chi connectivity index (χ1v) is 8.34. The van der Waals surface area contributed by atoms with Gasteiger partial charge in [0, 0.05) is 5.69 Å². The molecule has 0 radical (unpaired) electrons. The molecule has 0 spiro atoms. The van der Waals surface area contributed by atoms with E-state index in [0.29, 0.717) is 11.3 Å². The Morgan fingerprint density at radius 2 is 1.93 bits per heavy atom. The summed E-state index contributed by atoms with van der Waals surface area (Å²) in [6.45, 7) is 1.81. The van der Waals surface area contributed by atoms with Crippen molar-refractivity contribution in [3.05, 3.63) is 76.8 Å². The maximum atomic E-state index is 12.7. The van der Waals surface area contributed by atoms with Crippen LogP contribution >= 0.6 is 0 Å². The van der Waals surface area contributed by atoms with Crippen molar-refractivity contribution in [3.63, 3.8) is 0 Å². The molecule has 4 aromatic rings. The Balaban J connectivity index is 1.63. The summed E-state index contributed by atoms with van der Waals surface area (Å²) in [5, 5.41) is 10.7. The fourth-order valence-corrected chi connectivity index (χ4v) is 2.77. The third kappa shape index (κ3) is 3.32. The van der Waals surface area contributed by atoms with Crippen molar-refractivity contribution in [1.82, 2.24) is 24.5 Å². The van der Waals surface area contributed by atoms with Crippen LogP contribution in [0.4, 0.5) is 5.69 Å². The lowest BCUT2D eigenvalue weighted by molar-refractivity contribution is -0.116. The van der Waals surface area contributed by atoms with Gasteiger partial charge in [-0.3, -0.25) is 14.2 Å². The standard InChI is InChI=1S/C19H16N6O2/c1-13-6-5-9-15(10-13)25-18-17(22-23-25)19(27)24(12-20-18)11-16(26)21-14-7-3-2-4-8-14/h2-10,12H,11H2,1H3,(H,21,26). The van der Waals surface area contributed by atoms with Gasteiger partial charge in [-0.2, -0.15) is 4.68 Å². The van der Waals surface area contributed by atoms with Crippen molar-refractivity contribution in [2.75, 3.05) is 5.32 Å². The first-order chi connectivity index (χ1) is 13.1. The molecule has 27 heavy (non-hydrogen) atoms. The van der Waals surface area contributed by atoms with Gasteiger partial charge < -0.3 is 5.32 Å². The highest BCUT2D eigenvalue weighted by Gasteiger charge is 2.15. The van der Waals surface area contributed by atoms with E-state index in [-0.39, 0.29) is 18.0 Å². The summed E-state index contributed by atoms with van der Waals surface area (Å²) in [4.78, 5) is 29.1. The quantitative estimate of drug-likeness (QED) is 0.600. The monoisotopic (exact) mass is 360 g/mol. The number of anilines is 1. The molecule has 1 N–H and O–H groups in total. The van der Waals surface area contributed by atoms with Gasteiger partial charge in [-0.05, 0) is 36.8 Å². The number of nitrogens with zero attached hydrogens (tertiary/aromatic N) is 5. The number of carbonyl (C=O) groups is 1. The van der Waals surface area contributed by atoms with Gasteiger partial charge >= 0.3 is 0 Å². The lowest BCUT2D eigenvalue weighted by Crippen LogP contribution is -2.28. The maximum Gasteiger partial charge on any atom is 0.284 e. The second-order valence-corrected chi connectivity index (χ2v) is 6.10. The molecule has 0 saturated carbocycles. The Morgan fingerprint density at radius 3 is 2.70 bits per heavy atom. The number of hydrogen-bond acceptors (Lipinski definition) is 5. The molecule has 2 aromatic heterocycles. The Hall–Kier alpha value is -3.81. The van der Waals surface area contributed by atoms with Gasteiger partial charge in [0.15, 0.2) is 11.2 Å². The average Bonchev–Trinajstić information content (AvgIpc) is 3.10. The van der Waals surface area contributed by atoms with Crippen molar-refractivity contribution >= 4 is 22.8 Å². The summed E-state index contributed by atoms with van der Waals surface area (Å²) in [6, 6.07) is 16.7. The molecule has 0 aliphatic rings. The van der Waals surface area contributed by atoms with E-state index in [0.717, 1.165) is 11.3 Å². The van der Waals surface area contributed by atoms with Gasteiger partial charge in [0.1, 0.15) is 12.9 Å². The fraction of sp³-hybridized carbons (Fsp3) is 0.105. The zero-order chi connectivity index (χ0) is 18.8. The SMILES string of the molecule is Cc1cccc(-n2nnc3c(=O)n(CC(=O)Nc4ccccc4)cnc32)c1. The van der Waals surface area contributed by atoms with E-state index in [4.69, 9.17) is 0 Å². The number of rotatable bonds is 4. The summed E-state index contributed by atoms with van der Waals surface area (Å²) in [5.74, 6) is -0.324. The summed E-state index contributed by atoms with van der Waals surface area (Å²) in [7, 11) is 0. The van der Waals surface area contributed by atoms with E-state index in [2.05, 4.69) is 20.6 Å². The number of fused-ring (bicyclic) bond motifs is 1. The maximum absolute atomic E-state index is 12.7. The van der Waals surface area contributed by atoms with E-state index in [1.807, 2.05) is 49.4 Å². The average molecular weight is 360 g/mol. The van der Waals surface area contributed by atoms with Crippen LogP contribution in [0.1, 0.15) is 5.56 Å². The fourth-order valence-electron chi connectivity index (χ4n) is 2.77. The number of aryl methyl sites for hydroxylation is 1. The van der Waals surface area contributed by atoms with E-state index in [1.54, 1.807) is 12.1 Å². The van der Waals surface area contributed by atoms with Crippen LogP contribution in [0.3, 0.4) is 0 Å². The van der Waals surface area contributed by atoms with Crippen LogP contribution in [0.25, 0.3) is 16.9 Å². The van der Waals surface area contributed by atoms with Gasteiger partial charge in [0.2, 0.25) is 5.91 Å². The molecule has 2 aromatic carbocycles. The number of benzene rings is 2. The first-order valence-electron chi connectivity index (χ1n) is 8.34. The van der Waals surface area contributed by atoms with E-state index < -0.39 is 5.56 Å². The Labute approximate surface area is 154 Å². The molecule has 0 unspecified atom stereocenters. The molecule has 2 heterocycles. The van der Waals surface area contributed by atoms with E-state index in [9.17, 15) is 9.59 Å². The Morgan fingerprint density at radius 1 is 1.11 bits per heavy atom. The first kappa shape index (κ1) is 16.6. The van der Waals surface area contributed by atoms with Gasteiger partial charge in [0.05, 0.1) is 5.69 Å². The highest BCUT2D eigenvalue weighted by Crippen LogP contribution is 2.13. The molecule has 0 atom stereocenters. The van der Waals surface area contributed by atoms with E-state index in [1.165, 1.54) is 15.6 Å². The molecular weight excluding hydrogens is 344 g/mol. The van der Waals surface area contributed by atoms with Gasteiger partial charge in [-0.1, -0.05) is 35.5 Å². The topological polar surface area (TPSA) is 94.7 Å². The zero-order valence-electron chi connectivity index (χ0n) is 14.5. The van der Waals surface area contributed by atoms with Crippen LogP contribution < -0.4 is 10.9 Å². The minimum Gasteiger partial charge on any atom is -0.325 e. The molecule has 8 nitrogen and oxygen atoms in total. The molecule has 4 rings (SSSR count). The predicted molar refractivity (Wildman–Crippen MR) is 101 cm³/mol. The molecule has 1 amide bonds. The minimum absolute atomic E-state index is 0.117. The molecule has 0 aliphatic heterocycles. The summed E-state index contributed by atoms with van der Waals surface area (Å²) in [5.41, 5.74) is 2.54. The van der Waals surface area contributed by atoms with Crippen LogP contribution in [0, 0.1) is 6.92 Å². The summed E-state index contributed by atoms with van der Waals surface area (Å²) >= 11 is 0. The van der Waals surface area contributed by atoms with Crippen LogP contribution in [0.15, 0.2) is 65.7 Å². The van der Waals surface area contributed by atoms with Crippen molar-refractivity contribution in [2.24, 2.45) is 0 Å². The molecular formula is C19H16N6O2. The normalized spacial score (nSPS) is 10.9. The number of aromatic nitrogens is 5. The number of amides is 1.